The largest absolute Gasteiger partial charge is 0.351 e. The van der Waals surface area contributed by atoms with E-state index in [-0.39, 0.29) is 17.2 Å². The lowest BCUT2D eigenvalue weighted by Gasteiger charge is -2.25. The predicted octanol–water partition coefficient (Wildman–Crippen LogP) is 2.32. The highest BCUT2D eigenvalue weighted by Crippen LogP contribution is 2.17. The van der Waals surface area contributed by atoms with Crippen LogP contribution in [0.4, 0.5) is 5.69 Å². The molecule has 1 atom stereocenters. The van der Waals surface area contributed by atoms with Crippen LogP contribution in [0.15, 0.2) is 48.8 Å². The van der Waals surface area contributed by atoms with Crippen LogP contribution in [0.1, 0.15) is 36.7 Å². The summed E-state index contributed by atoms with van der Waals surface area (Å²) in [5.74, 6) is -0.405. The van der Waals surface area contributed by atoms with Crippen molar-refractivity contribution in [2.75, 3.05) is 5.32 Å². The van der Waals surface area contributed by atoms with Crippen molar-refractivity contribution in [3.8, 4) is 0 Å². The summed E-state index contributed by atoms with van der Waals surface area (Å²) >= 11 is 0. The fourth-order valence-electron chi connectivity index (χ4n) is 2.16. The number of hydrogen-bond donors (Lipinski definition) is 3. The first-order valence-corrected chi connectivity index (χ1v) is 8.11. The molecule has 132 valence electrons. The topological polar surface area (TPSA) is 97.1 Å². The summed E-state index contributed by atoms with van der Waals surface area (Å²) in [4.78, 5) is 28.2. The van der Waals surface area contributed by atoms with Gasteiger partial charge in [0.25, 0.3) is 5.91 Å². The van der Waals surface area contributed by atoms with Gasteiger partial charge in [0.05, 0.1) is 6.04 Å². The lowest BCUT2D eigenvalue weighted by Crippen LogP contribution is -2.48. The average Bonchev–Trinajstić information content (AvgIpc) is 2.59. The van der Waals surface area contributed by atoms with E-state index >= 15 is 0 Å². The van der Waals surface area contributed by atoms with Crippen molar-refractivity contribution in [1.29, 1.82) is 0 Å². The van der Waals surface area contributed by atoms with Crippen LogP contribution in [0.25, 0.3) is 0 Å². The standard InChI is InChI=1S/C19H24N4O2/c1-19(2,3)16(20)18(25)22-12-13-5-4-6-15(11-13)23-17(24)14-7-9-21-10-8-14/h4-11,16H,12,20H2,1-3H3,(H,22,25)(H,23,24)/t16-/m1/s1. The second-order valence-electron chi connectivity index (χ2n) is 6.95. The van der Waals surface area contributed by atoms with Crippen LogP contribution >= 0.6 is 0 Å². The van der Waals surface area contributed by atoms with Gasteiger partial charge in [-0.05, 0) is 35.2 Å². The molecule has 1 aromatic heterocycles. The fourth-order valence-corrected chi connectivity index (χ4v) is 2.16. The second-order valence-corrected chi connectivity index (χ2v) is 6.95. The van der Waals surface area contributed by atoms with E-state index in [1.165, 1.54) is 0 Å². The molecule has 0 bridgehead atoms. The molecule has 4 N–H and O–H groups in total. The maximum absolute atomic E-state index is 12.2. The normalized spacial score (nSPS) is 12.3. The molecule has 0 radical (unpaired) electrons. The molecular formula is C19H24N4O2. The molecule has 0 saturated heterocycles. The number of aromatic nitrogens is 1. The molecular weight excluding hydrogens is 316 g/mol. The van der Waals surface area contributed by atoms with Gasteiger partial charge in [-0.3, -0.25) is 14.6 Å². The van der Waals surface area contributed by atoms with Crippen molar-refractivity contribution >= 4 is 17.5 Å². The Morgan fingerprint density at radius 1 is 1.16 bits per heavy atom. The van der Waals surface area contributed by atoms with Crippen molar-refractivity contribution < 1.29 is 9.59 Å². The Balaban J connectivity index is 1.97. The maximum Gasteiger partial charge on any atom is 0.255 e. The number of nitrogens with two attached hydrogens (primary N) is 1. The zero-order valence-corrected chi connectivity index (χ0v) is 14.7. The summed E-state index contributed by atoms with van der Waals surface area (Å²) in [6, 6.07) is 10.0. The van der Waals surface area contributed by atoms with E-state index < -0.39 is 6.04 Å². The highest BCUT2D eigenvalue weighted by Gasteiger charge is 2.27. The third kappa shape index (κ3) is 5.39. The highest BCUT2D eigenvalue weighted by molar-refractivity contribution is 6.04. The fraction of sp³-hybridized carbons (Fsp3) is 0.316. The molecule has 0 saturated carbocycles. The van der Waals surface area contributed by atoms with Gasteiger partial charge in [0.1, 0.15) is 0 Å². The third-order valence-electron chi connectivity index (χ3n) is 3.81. The van der Waals surface area contributed by atoms with Crippen LogP contribution in [0, 0.1) is 5.41 Å². The molecule has 0 fully saturated rings. The Morgan fingerprint density at radius 3 is 2.48 bits per heavy atom. The number of carbonyl (C=O) groups is 2. The van der Waals surface area contributed by atoms with Gasteiger partial charge >= 0.3 is 0 Å². The monoisotopic (exact) mass is 340 g/mol. The molecule has 1 heterocycles. The number of carbonyl (C=O) groups excluding carboxylic acids is 2. The molecule has 1 aromatic carbocycles. The average molecular weight is 340 g/mol. The third-order valence-corrected chi connectivity index (χ3v) is 3.81. The number of nitrogens with one attached hydrogen (secondary N) is 2. The number of pyridine rings is 1. The number of nitrogens with zero attached hydrogens (tertiary/aromatic N) is 1. The van der Waals surface area contributed by atoms with Gasteiger partial charge in [0, 0.05) is 30.2 Å². The lowest BCUT2D eigenvalue weighted by molar-refractivity contribution is -0.124. The SMILES string of the molecule is CC(C)(C)[C@H](N)C(=O)NCc1cccc(NC(=O)c2ccncc2)c1. The summed E-state index contributed by atoms with van der Waals surface area (Å²) in [6.45, 7) is 6.12. The molecule has 6 nitrogen and oxygen atoms in total. The van der Waals surface area contributed by atoms with E-state index in [1.807, 2.05) is 39.0 Å². The van der Waals surface area contributed by atoms with E-state index in [4.69, 9.17) is 5.73 Å². The smallest absolute Gasteiger partial charge is 0.255 e. The van der Waals surface area contributed by atoms with Gasteiger partial charge in [-0.15, -0.1) is 0 Å². The summed E-state index contributed by atoms with van der Waals surface area (Å²) in [5, 5.41) is 5.66. The Kier molecular flexibility index (Phi) is 5.88. The van der Waals surface area contributed by atoms with Crippen molar-refractivity contribution in [3.05, 3.63) is 59.9 Å². The Labute approximate surface area is 147 Å². The molecule has 0 aliphatic heterocycles. The van der Waals surface area contributed by atoms with Gasteiger partial charge in [-0.1, -0.05) is 32.9 Å². The van der Waals surface area contributed by atoms with Gasteiger partial charge in [-0.25, -0.2) is 0 Å². The minimum absolute atomic E-state index is 0.196. The van der Waals surface area contributed by atoms with E-state index in [9.17, 15) is 9.59 Å². The van der Waals surface area contributed by atoms with Crippen molar-refractivity contribution in [1.82, 2.24) is 10.3 Å². The Morgan fingerprint density at radius 2 is 1.84 bits per heavy atom. The van der Waals surface area contributed by atoms with Crippen LogP contribution in [0.5, 0.6) is 0 Å². The van der Waals surface area contributed by atoms with Crippen molar-refractivity contribution in [2.24, 2.45) is 11.1 Å². The summed E-state index contributed by atoms with van der Waals surface area (Å²) < 4.78 is 0. The molecule has 0 spiro atoms. The number of anilines is 1. The first-order valence-electron chi connectivity index (χ1n) is 8.11. The predicted molar refractivity (Wildman–Crippen MR) is 97.9 cm³/mol. The van der Waals surface area contributed by atoms with E-state index in [1.54, 1.807) is 30.6 Å². The van der Waals surface area contributed by atoms with Crippen LogP contribution in [-0.4, -0.2) is 22.8 Å². The molecule has 6 heteroatoms. The maximum atomic E-state index is 12.2. The molecule has 0 unspecified atom stereocenters. The summed E-state index contributed by atoms with van der Waals surface area (Å²) in [5.41, 5.74) is 7.71. The molecule has 0 aliphatic rings. The molecule has 2 rings (SSSR count). The highest BCUT2D eigenvalue weighted by atomic mass is 16.2. The van der Waals surface area contributed by atoms with E-state index in [0.717, 1.165) is 5.56 Å². The van der Waals surface area contributed by atoms with Gasteiger partial charge in [-0.2, -0.15) is 0 Å². The second kappa shape index (κ2) is 7.90. The van der Waals surface area contributed by atoms with Gasteiger partial charge in [0.2, 0.25) is 5.91 Å². The molecule has 2 amide bonds. The van der Waals surface area contributed by atoms with Crippen LogP contribution in [0.3, 0.4) is 0 Å². The molecule has 2 aromatic rings. The lowest BCUT2D eigenvalue weighted by atomic mass is 9.87. The van der Waals surface area contributed by atoms with E-state index in [0.29, 0.717) is 17.8 Å². The van der Waals surface area contributed by atoms with Crippen LogP contribution in [-0.2, 0) is 11.3 Å². The van der Waals surface area contributed by atoms with E-state index in [2.05, 4.69) is 15.6 Å². The van der Waals surface area contributed by atoms with Gasteiger partial charge < -0.3 is 16.4 Å². The van der Waals surface area contributed by atoms with Crippen molar-refractivity contribution in [3.63, 3.8) is 0 Å². The Bertz CT molecular complexity index is 739. The van der Waals surface area contributed by atoms with Gasteiger partial charge in [0.15, 0.2) is 0 Å². The number of rotatable bonds is 5. The Hall–Kier alpha value is -2.73. The number of benzene rings is 1. The molecule has 0 aliphatic carbocycles. The quantitative estimate of drug-likeness (QED) is 0.778. The zero-order chi connectivity index (χ0) is 18.4. The zero-order valence-electron chi connectivity index (χ0n) is 14.7. The summed E-state index contributed by atoms with van der Waals surface area (Å²) in [7, 11) is 0. The van der Waals surface area contributed by atoms with Crippen LogP contribution < -0.4 is 16.4 Å². The van der Waals surface area contributed by atoms with Crippen molar-refractivity contribution in [2.45, 2.75) is 33.4 Å². The number of amides is 2. The first kappa shape index (κ1) is 18.6. The first-order chi connectivity index (χ1) is 11.8. The minimum Gasteiger partial charge on any atom is -0.351 e. The molecule has 25 heavy (non-hydrogen) atoms. The summed E-state index contributed by atoms with van der Waals surface area (Å²) in [6.07, 6.45) is 3.14. The minimum atomic E-state index is -0.581. The van der Waals surface area contributed by atoms with Crippen LogP contribution in [0.2, 0.25) is 0 Å². The number of hydrogen-bond acceptors (Lipinski definition) is 4.